The maximum Gasteiger partial charge on any atom is 0.407 e. The van der Waals surface area contributed by atoms with Gasteiger partial charge in [0.05, 0.1) is 11.6 Å². The third kappa shape index (κ3) is 2.12. The Morgan fingerprint density at radius 2 is 1.95 bits per heavy atom. The van der Waals surface area contributed by atoms with Crippen molar-refractivity contribution in [3.8, 4) is 0 Å². The number of hydrogen-bond donors (Lipinski definition) is 2. The van der Waals surface area contributed by atoms with Gasteiger partial charge in [0.1, 0.15) is 0 Å². The SMILES string of the molecule is O=C(O)c1ccc2c(c1)CCN1CCN(C(=O)O)C[C@@H]21. The Balaban J connectivity index is 1.92. The first-order valence-corrected chi connectivity index (χ1v) is 6.64. The number of fused-ring (bicyclic) bond motifs is 3. The van der Waals surface area contributed by atoms with Gasteiger partial charge in [-0.1, -0.05) is 6.07 Å². The maximum atomic E-state index is 11.1. The van der Waals surface area contributed by atoms with E-state index in [-0.39, 0.29) is 6.04 Å². The number of nitrogens with zero attached hydrogens (tertiary/aromatic N) is 2. The summed E-state index contributed by atoms with van der Waals surface area (Å²) in [5, 5.41) is 18.2. The molecule has 1 amide bonds. The summed E-state index contributed by atoms with van der Waals surface area (Å²) in [5.74, 6) is -0.925. The fourth-order valence-electron chi connectivity index (χ4n) is 3.10. The van der Waals surface area contributed by atoms with Gasteiger partial charge in [-0.3, -0.25) is 4.90 Å². The predicted molar refractivity (Wildman–Crippen MR) is 71.0 cm³/mol. The molecular weight excluding hydrogens is 260 g/mol. The maximum absolute atomic E-state index is 11.1. The third-order valence-corrected chi connectivity index (χ3v) is 4.18. The van der Waals surface area contributed by atoms with Crippen molar-refractivity contribution in [1.82, 2.24) is 9.80 Å². The summed E-state index contributed by atoms with van der Waals surface area (Å²) in [4.78, 5) is 25.8. The lowest BCUT2D eigenvalue weighted by Gasteiger charge is -2.44. The van der Waals surface area contributed by atoms with E-state index in [1.165, 1.54) is 4.90 Å². The second-order valence-corrected chi connectivity index (χ2v) is 5.25. The van der Waals surface area contributed by atoms with Crippen LogP contribution in [0, 0.1) is 0 Å². The van der Waals surface area contributed by atoms with Gasteiger partial charge in [0.2, 0.25) is 0 Å². The molecule has 1 fully saturated rings. The summed E-state index contributed by atoms with van der Waals surface area (Å²) in [6, 6.07) is 5.20. The van der Waals surface area contributed by atoms with Crippen molar-refractivity contribution >= 4 is 12.1 Å². The minimum Gasteiger partial charge on any atom is -0.478 e. The highest BCUT2D eigenvalue weighted by molar-refractivity contribution is 5.88. The molecule has 20 heavy (non-hydrogen) atoms. The number of hydrogen-bond acceptors (Lipinski definition) is 3. The van der Waals surface area contributed by atoms with Gasteiger partial charge in [-0.15, -0.1) is 0 Å². The van der Waals surface area contributed by atoms with Crippen LogP contribution in [0.1, 0.15) is 27.5 Å². The molecule has 6 heteroatoms. The van der Waals surface area contributed by atoms with E-state index in [0.717, 1.165) is 30.6 Å². The van der Waals surface area contributed by atoms with Gasteiger partial charge in [0.15, 0.2) is 0 Å². The number of carboxylic acid groups (broad SMARTS) is 2. The number of carbonyl (C=O) groups is 2. The summed E-state index contributed by atoms with van der Waals surface area (Å²) in [6.07, 6.45) is -0.0704. The molecule has 2 aliphatic heterocycles. The van der Waals surface area contributed by atoms with Gasteiger partial charge in [-0.25, -0.2) is 9.59 Å². The van der Waals surface area contributed by atoms with Gasteiger partial charge in [0.25, 0.3) is 0 Å². The molecule has 3 rings (SSSR count). The van der Waals surface area contributed by atoms with Gasteiger partial charge in [-0.2, -0.15) is 0 Å². The standard InChI is InChI=1S/C14H16N2O4/c17-13(18)10-1-2-11-9(7-10)3-4-15-5-6-16(14(19)20)8-12(11)15/h1-2,7,12H,3-6,8H2,(H,17,18)(H,19,20)/t12-/m0/s1. The molecule has 1 aromatic carbocycles. The second-order valence-electron chi connectivity index (χ2n) is 5.25. The zero-order chi connectivity index (χ0) is 14.3. The Labute approximate surface area is 116 Å². The Morgan fingerprint density at radius 3 is 2.65 bits per heavy atom. The van der Waals surface area contributed by atoms with Gasteiger partial charge in [-0.05, 0) is 29.7 Å². The predicted octanol–water partition coefficient (Wildman–Crippen LogP) is 1.28. The second kappa shape index (κ2) is 4.79. The first-order valence-electron chi connectivity index (χ1n) is 6.64. The van der Waals surface area contributed by atoms with E-state index in [2.05, 4.69) is 4.90 Å². The van der Waals surface area contributed by atoms with E-state index in [1.807, 2.05) is 6.07 Å². The van der Waals surface area contributed by atoms with Crippen LogP contribution in [0.5, 0.6) is 0 Å². The number of rotatable bonds is 1. The van der Waals surface area contributed by atoms with Crippen molar-refractivity contribution in [2.75, 3.05) is 26.2 Å². The number of piperazine rings is 1. The highest BCUT2D eigenvalue weighted by Crippen LogP contribution is 2.33. The molecular formula is C14H16N2O4. The lowest BCUT2D eigenvalue weighted by molar-refractivity contribution is 0.0633. The molecule has 1 aromatic rings. The van der Waals surface area contributed by atoms with Crippen LogP contribution in [0.2, 0.25) is 0 Å². The van der Waals surface area contributed by atoms with Crippen molar-refractivity contribution in [1.29, 1.82) is 0 Å². The van der Waals surface area contributed by atoms with Crippen LogP contribution in [0.3, 0.4) is 0 Å². The third-order valence-electron chi connectivity index (χ3n) is 4.18. The van der Waals surface area contributed by atoms with E-state index >= 15 is 0 Å². The van der Waals surface area contributed by atoms with E-state index in [1.54, 1.807) is 12.1 Å². The van der Waals surface area contributed by atoms with Gasteiger partial charge >= 0.3 is 12.1 Å². The van der Waals surface area contributed by atoms with Crippen molar-refractivity contribution in [3.05, 3.63) is 34.9 Å². The molecule has 1 atom stereocenters. The average molecular weight is 276 g/mol. The number of amides is 1. The van der Waals surface area contributed by atoms with Crippen molar-refractivity contribution in [2.45, 2.75) is 12.5 Å². The minimum atomic E-state index is -0.925. The zero-order valence-corrected chi connectivity index (χ0v) is 11.0. The van der Waals surface area contributed by atoms with Crippen molar-refractivity contribution in [2.24, 2.45) is 0 Å². The van der Waals surface area contributed by atoms with E-state index in [4.69, 9.17) is 10.2 Å². The molecule has 0 aliphatic carbocycles. The summed E-state index contributed by atoms with van der Waals surface area (Å²) in [5.41, 5.74) is 2.38. The Morgan fingerprint density at radius 1 is 1.15 bits per heavy atom. The van der Waals surface area contributed by atoms with Crippen molar-refractivity contribution < 1.29 is 19.8 Å². The largest absolute Gasteiger partial charge is 0.478 e. The summed E-state index contributed by atoms with van der Waals surface area (Å²) >= 11 is 0. The van der Waals surface area contributed by atoms with Gasteiger partial charge < -0.3 is 15.1 Å². The van der Waals surface area contributed by atoms with Crippen molar-refractivity contribution in [3.63, 3.8) is 0 Å². The molecule has 0 spiro atoms. The molecule has 1 saturated heterocycles. The van der Waals surface area contributed by atoms with Crippen LogP contribution in [0.15, 0.2) is 18.2 Å². The van der Waals surface area contributed by atoms with Crippen LogP contribution < -0.4 is 0 Å². The molecule has 2 N–H and O–H groups in total. The fraction of sp³-hybridized carbons (Fsp3) is 0.429. The Kier molecular flexibility index (Phi) is 3.10. The average Bonchev–Trinajstić information content (AvgIpc) is 2.45. The zero-order valence-electron chi connectivity index (χ0n) is 11.0. The summed E-state index contributed by atoms with van der Waals surface area (Å²) < 4.78 is 0. The van der Waals surface area contributed by atoms with E-state index in [0.29, 0.717) is 18.7 Å². The lowest BCUT2D eigenvalue weighted by atomic mass is 9.89. The quantitative estimate of drug-likeness (QED) is 0.807. The number of aromatic carboxylic acids is 1. The molecule has 0 unspecified atom stereocenters. The van der Waals surface area contributed by atoms with Gasteiger partial charge in [0, 0.05) is 26.2 Å². The van der Waals surface area contributed by atoms with E-state index < -0.39 is 12.1 Å². The topological polar surface area (TPSA) is 81.1 Å². The van der Waals surface area contributed by atoms with Crippen LogP contribution in [-0.4, -0.2) is 58.3 Å². The van der Waals surface area contributed by atoms with Crippen LogP contribution in [0.4, 0.5) is 4.79 Å². The molecule has 0 radical (unpaired) electrons. The summed E-state index contributed by atoms with van der Waals surface area (Å²) in [7, 11) is 0. The Bertz CT molecular complexity index is 572. The molecule has 0 bridgehead atoms. The number of benzene rings is 1. The molecule has 2 aliphatic rings. The monoisotopic (exact) mass is 276 g/mol. The molecule has 0 aromatic heterocycles. The highest BCUT2D eigenvalue weighted by Gasteiger charge is 2.34. The fourth-order valence-corrected chi connectivity index (χ4v) is 3.10. The minimum absolute atomic E-state index is 0.0476. The molecule has 106 valence electrons. The molecule has 2 heterocycles. The smallest absolute Gasteiger partial charge is 0.407 e. The number of carboxylic acids is 1. The first kappa shape index (κ1) is 12.9. The molecule has 0 saturated carbocycles. The van der Waals surface area contributed by atoms with Crippen LogP contribution in [0.25, 0.3) is 0 Å². The van der Waals surface area contributed by atoms with Crippen LogP contribution in [-0.2, 0) is 6.42 Å². The Hall–Kier alpha value is -2.08. The molecule has 6 nitrogen and oxygen atoms in total. The van der Waals surface area contributed by atoms with E-state index in [9.17, 15) is 9.59 Å². The normalized spacial score (nSPS) is 22.0. The summed E-state index contributed by atoms with van der Waals surface area (Å²) in [6.45, 7) is 2.58. The highest BCUT2D eigenvalue weighted by atomic mass is 16.4. The first-order chi connectivity index (χ1) is 9.56. The lowest BCUT2D eigenvalue weighted by Crippen LogP contribution is -2.52. The van der Waals surface area contributed by atoms with Crippen LogP contribution >= 0.6 is 0 Å².